The molecule has 0 amide bonds. The normalized spacial score (nSPS) is 11.1. The van der Waals surface area contributed by atoms with Crippen molar-refractivity contribution < 1.29 is 4.74 Å². The molecule has 0 fully saturated rings. The maximum atomic E-state index is 12.4. The molecule has 0 bridgehead atoms. The molecular formula is C23H24N4O3. The lowest BCUT2D eigenvalue weighted by atomic mass is 10.2. The van der Waals surface area contributed by atoms with Crippen LogP contribution in [0.3, 0.4) is 0 Å². The van der Waals surface area contributed by atoms with Crippen LogP contribution in [0.25, 0.3) is 22.6 Å². The van der Waals surface area contributed by atoms with E-state index in [4.69, 9.17) is 4.74 Å². The van der Waals surface area contributed by atoms with Crippen LogP contribution in [-0.2, 0) is 20.2 Å². The Morgan fingerprint density at radius 2 is 1.77 bits per heavy atom. The van der Waals surface area contributed by atoms with E-state index >= 15 is 0 Å². The smallest absolute Gasteiger partial charge is 0.330 e. The van der Waals surface area contributed by atoms with E-state index in [1.54, 1.807) is 16.2 Å². The molecule has 0 unspecified atom stereocenters. The highest BCUT2D eigenvalue weighted by atomic mass is 16.5. The van der Waals surface area contributed by atoms with E-state index in [2.05, 4.69) is 16.9 Å². The van der Waals surface area contributed by atoms with E-state index in [9.17, 15) is 9.59 Å². The van der Waals surface area contributed by atoms with Gasteiger partial charge in [0.15, 0.2) is 11.2 Å². The van der Waals surface area contributed by atoms with Crippen molar-refractivity contribution in [1.29, 1.82) is 0 Å². The van der Waals surface area contributed by atoms with E-state index < -0.39 is 11.2 Å². The Hall–Kier alpha value is -3.61. The van der Waals surface area contributed by atoms with Crippen LogP contribution in [0.5, 0.6) is 5.75 Å². The summed E-state index contributed by atoms with van der Waals surface area (Å²) in [5, 5.41) is 0. The average molecular weight is 404 g/mol. The number of benzene rings is 2. The highest BCUT2D eigenvalue weighted by Gasteiger charge is 2.17. The second kappa shape index (κ2) is 8.41. The number of imidazole rings is 1. The van der Waals surface area contributed by atoms with Crippen molar-refractivity contribution in [2.45, 2.75) is 32.9 Å². The lowest BCUT2D eigenvalue weighted by Gasteiger charge is -2.07. The number of aromatic nitrogens is 4. The van der Waals surface area contributed by atoms with Gasteiger partial charge in [-0.3, -0.25) is 14.3 Å². The van der Waals surface area contributed by atoms with Crippen LogP contribution in [0.4, 0.5) is 0 Å². The number of hydrogen-bond donors (Lipinski definition) is 1. The molecule has 0 aliphatic heterocycles. The van der Waals surface area contributed by atoms with Crippen molar-refractivity contribution in [1.82, 2.24) is 19.1 Å². The van der Waals surface area contributed by atoms with E-state index in [-0.39, 0.29) is 0 Å². The zero-order chi connectivity index (χ0) is 21.1. The van der Waals surface area contributed by atoms with Gasteiger partial charge in [0.2, 0.25) is 0 Å². The molecule has 0 radical (unpaired) electrons. The van der Waals surface area contributed by atoms with Crippen LogP contribution in [-0.4, -0.2) is 19.1 Å². The summed E-state index contributed by atoms with van der Waals surface area (Å²) in [4.78, 5) is 31.8. The number of nitrogens with zero attached hydrogens (tertiary/aromatic N) is 3. The van der Waals surface area contributed by atoms with Crippen molar-refractivity contribution in [3.05, 3.63) is 81.0 Å². The predicted octanol–water partition coefficient (Wildman–Crippen LogP) is 3.47. The highest BCUT2D eigenvalue weighted by Crippen LogP contribution is 2.24. The van der Waals surface area contributed by atoms with E-state index in [1.807, 2.05) is 54.6 Å². The molecule has 7 nitrogen and oxygen atoms in total. The van der Waals surface area contributed by atoms with Gasteiger partial charge < -0.3 is 9.30 Å². The molecule has 2 heterocycles. The van der Waals surface area contributed by atoms with Crippen LogP contribution >= 0.6 is 0 Å². The van der Waals surface area contributed by atoms with Gasteiger partial charge >= 0.3 is 5.69 Å². The summed E-state index contributed by atoms with van der Waals surface area (Å²) < 4.78 is 9.12. The van der Waals surface area contributed by atoms with Gasteiger partial charge in [0.1, 0.15) is 18.2 Å². The van der Waals surface area contributed by atoms with Crippen molar-refractivity contribution in [3.63, 3.8) is 0 Å². The van der Waals surface area contributed by atoms with Crippen LogP contribution in [0.1, 0.15) is 25.3 Å². The Balaban J connectivity index is 1.66. The number of unbranched alkanes of at least 4 members (excludes halogenated alkanes) is 1. The Bertz CT molecular complexity index is 1270. The van der Waals surface area contributed by atoms with E-state index in [0.29, 0.717) is 30.1 Å². The number of rotatable bonds is 7. The fraction of sp³-hybridized carbons (Fsp3) is 0.261. The first-order valence-electron chi connectivity index (χ1n) is 10.0. The fourth-order valence-electron chi connectivity index (χ4n) is 3.47. The quantitative estimate of drug-likeness (QED) is 0.511. The zero-order valence-electron chi connectivity index (χ0n) is 17.1. The molecule has 2 aromatic carbocycles. The molecule has 0 aliphatic rings. The summed E-state index contributed by atoms with van der Waals surface area (Å²) in [7, 11) is 1.79. The third-order valence-corrected chi connectivity index (χ3v) is 5.11. The molecule has 0 atom stereocenters. The van der Waals surface area contributed by atoms with Gasteiger partial charge in [-0.1, -0.05) is 43.7 Å². The molecular weight excluding hydrogens is 380 g/mol. The molecule has 1 N–H and O–H groups in total. The summed E-state index contributed by atoms with van der Waals surface area (Å²) >= 11 is 0. The zero-order valence-corrected chi connectivity index (χ0v) is 17.1. The Morgan fingerprint density at radius 1 is 1.03 bits per heavy atom. The molecule has 0 spiro atoms. The van der Waals surface area contributed by atoms with Gasteiger partial charge in [-0.2, -0.15) is 0 Å². The first-order chi connectivity index (χ1) is 14.6. The number of fused-ring (bicyclic) bond motifs is 1. The average Bonchev–Trinajstić information content (AvgIpc) is 3.11. The topological polar surface area (TPSA) is 81.9 Å². The third kappa shape index (κ3) is 3.78. The molecule has 7 heteroatoms. The summed E-state index contributed by atoms with van der Waals surface area (Å²) in [6.07, 6.45) is 1.78. The molecule has 0 saturated carbocycles. The van der Waals surface area contributed by atoms with Gasteiger partial charge in [-0.05, 0) is 36.2 Å². The fourth-order valence-corrected chi connectivity index (χ4v) is 3.47. The Morgan fingerprint density at radius 3 is 2.47 bits per heavy atom. The lowest BCUT2D eigenvalue weighted by molar-refractivity contribution is 0.306. The van der Waals surface area contributed by atoms with E-state index in [1.165, 1.54) is 0 Å². The second-order valence-electron chi connectivity index (χ2n) is 7.23. The first kappa shape index (κ1) is 19.7. The van der Waals surface area contributed by atoms with E-state index in [0.717, 1.165) is 29.7 Å². The van der Waals surface area contributed by atoms with Gasteiger partial charge in [-0.15, -0.1) is 0 Å². The number of nitrogens with one attached hydrogen (secondary N) is 1. The van der Waals surface area contributed by atoms with Gasteiger partial charge in [0, 0.05) is 19.2 Å². The van der Waals surface area contributed by atoms with Crippen LogP contribution in [0.2, 0.25) is 0 Å². The Labute approximate surface area is 173 Å². The molecule has 0 aliphatic carbocycles. The standard InChI is InChI=1S/C23H24N4O3/c1-3-4-14-27-21-19(22(28)25-23(27)29)26(2)20(24-21)17-10-12-18(13-11-17)30-15-16-8-6-5-7-9-16/h5-13H,3-4,14-15H2,1-2H3,(H,25,28,29). The maximum Gasteiger partial charge on any atom is 0.330 e. The number of aryl methyl sites for hydroxylation is 2. The van der Waals surface area contributed by atoms with Gasteiger partial charge in [0.25, 0.3) is 5.56 Å². The van der Waals surface area contributed by atoms with Crippen LogP contribution < -0.4 is 16.0 Å². The number of ether oxygens (including phenoxy) is 1. The summed E-state index contributed by atoms with van der Waals surface area (Å²) in [5.74, 6) is 1.38. The predicted molar refractivity (Wildman–Crippen MR) is 117 cm³/mol. The van der Waals surface area contributed by atoms with Crippen molar-refractivity contribution in [2.24, 2.45) is 7.05 Å². The minimum atomic E-state index is -0.424. The van der Waals surface area contributed by atoms with Crippen molar-refractivity contribution >= 4 is 11.2 Å². The Kier molecular flexibility index (Phi) is 5.52. The van der Waals surface area contributed by atoms with Crippen molar-refractivity contribution in [3.8, 4) is 17.1 Å². The number of H-pyrrole nitrogens is 1. The van der Waals surface area contributed by atoms with Crippen molar-refractivity contribution in [2.75, 3.05) is 0 Å². The molecule has 30 heavy (non-hydrogen) atoms. The highest BCUT2D eigenvalue weighted by molar-refractivity contribution is 5.76. The molecule has 2 aromatic heterocycles. The molecule has 154 valence electrons. The molecule has 4 rings (SSSR count). The van der Waals surface area contributed by atoms with Crippen LogP contribution in [0.15, 0.2) is 64.2 Å². The third-order valence-electron chi connectivity index (χ3n) is 5.11. The summed E-state index contributed by atoms with van der Waals surface area (Å²) in [6, 6.07) is 17.5. The van der Waals surface area contributed by atoms with Gasteiger partial charge in [-0.25, -0.2) is 9.78 Å². The number of aromatic amines is 1. The largest absolute Gasteiger partial charge is 0.489 e. The first-order valence-corrected chi connectivity index (χ1v) is 10.0. The minimum absolute atomic E-state index is 0.394. The molecule has 4 aromatic rings. The maximum absolute atomic E-state index is 12.4. The number of hydrogen-bond acceptors (Lipinski definition) is 4. The molecule has 0 saturated heterocycles. The minimum Gasteiger partial charge on any atom is -0.489 e. The summed E-state index contributed by atoms with van der Waals surface area (Å²) in [6.45, 7) is 3.07. The second-order valence-corrected chi connectivity index (χ2v) is 7.23. The SMILES string of the molecule is CCCCn1c(=O)[nH]c(=O)c2c1nc(-c1ccc(OCc3ccccc3)cc1)n2C. The lowest BCUT2D eigenvalue weighted by Crippen LogP contribution is -2.31. The van der Waals surface area contributed by atoms with Crippen LogP contribution in [0, 0.1) is 0 Å². The summed E-state index contributed by atoms with van der Waals surface area (Å²) in [5.41, 5.74) is 1.90. The van der Waals surface area contributed by atoms with Gasteiger partial charge in [0.05, 0.1) is 0 Å². The monoisotopic (exact) mass is 404 g/mol.